The molecule has 0 fully saturated rings. The molecular formula is C22H22Cl2N6O4. The first kappa shape index (κ1) is 24.9. The molecule has 34 heavy (non-hydrogen) atoms. The first-order valence-corrected chi connectivity index (χ1v) is 10.8. The number of nitrogens with one attached hydrogen (secondary N) is 2. The standard InChI is InChI=1S/C22H22Cl2N6O4/c23-14-2-1-3-15(24)19(14)20(32)29-16(21(33)34)11-27-18(31)7-9-30-8-6-12-4-5-13(10-17(12)30)28-22(25)26/h1-6,8,10,16H,7,9,11H2,(H,27,31)(H,29,32)(H,33,34)(H4,25,26,28)/t16-/m0/s1. The minimum absolute atomic E-state index is 0.0389. The average molecular weight is 505 g/mol. The number of carbonyl (C=O) groups excluding carboxylic acids is 2. The van der Waals surface area contributed by atoms with E-state index in [0.717, 1.165) is 10.9 Å². The molecule has 0 aliphatic rings. The summed E-state index contributed by atoms with van der Waals surface area (Å²) >= 11 is 12.0. The normalized spacial score (nSPS) is 11.6. The fourth-order valence-electron chi connectivity index (χ4n) is 3.26. The highest BCUT2D eigenvalue weighted by Crippen LogP contribution is 2.24. The maximum atomic E-state index is 12.5. The van der Waals surface area contributed by atoms with Gasteiger partial charge in [-0.25, -0.2) is 9.79 Å². The highest BCUT2D eigenvalue weighted by atomic mass is 35.5. The SMILES string of the molecule is NC(N)=Nc1ccc2ccn(CCC(=O)NC[C@H](NC(=O)c3c(Cl)cccc3Cl)C(=O)O)c2c1. The maximum Gasteiger partial charge on any atom is 0.328 e. The summed E-state index contributed by atoms with van der Waals surface area (Å²) in [6, 6.07) is 10.4. The number of halogens is 2. The summed E-state index contributed by atoms with van der Waals surface area (Å²) in [6.07, 6.45) is 1.90. The van der Waals surface area contributed by atoms with E-state index >= 15 is 0 Å². The van der Waals surface area contributed by atoms with Crippen LogP contribution in [0.5, 0.6) is 0 Å². The fourth-order valence-corrected chi connectivity index (χ4v) is 3.83. The zero-order valence-electron chi connectivity index (χ0n) is 17.8. The lowest BCUT2D eigenvalue weighted by atomic mass is 10.2. The Morgan fingerprint density at radius 3 is 2.44 bits per heavy atom. The minimum atomic E-state index is -1.38. The van der Waals surface area contributed by atoms with Gasteiger partial charge in [0, 0.05) is 25.7 Å². The second-order valence-corrected chi connectivity index (χ2v) is 8.12. The van der Waals surface area contributed by atoms with Crippen molar-refractivity contribution in [2.24, 2.45) is 16.5 Å². The number of nitrogens with zero attached hydrogens (tertiary/aromatic N) is 2. The molecular weight excluding hydrogens is 483 g/mol. The monoisotopic (exact) mass is 504 g/mol. The highest BCUT2D eigenvalue weighted by Gasteiger charge is 2.24. The smallest absolute Gasteiger partial charge is 0.328 e. The Labute approximate surface area is 204 Å². The molecule has 7 N–H and O–H groups in total. The van der Waals surface area contributed by atoms with Crippen molar-refractivity contribution in [3.63, 3.8) is 0 Å². The van der Waals surface area contributed by atoms with Crippen molar-refractivity contribution >= 4 is 63.5 Å². The molecule has 12 heteroatoms. The van der Waals surface area contributed by atoms with Gasteiger partial charge in [0.05, 0.1) is 26.8 Å². The van der Waals surface area contributed by atoms with Gasteiger partial charge in [0.2, 0.25) is 5.91 Å². The molecule has 0 saturated heterocycles. The molecule has 0 aliphatic heterocycles. The van der Waals surface area contributed by atoms with Crippen LogP contribution in [0, 0.1) is 0 Å². The molecule has 1 atom stereocenters. The lowest BCUT2D eigenvalue weighted by molar-refractivity contribution is -0.139. The van der Waals surface area contributed by atoms with Crippen LogP contribution in [-0.4, -0.2) is 46.0 Å². The van der Waals surface area contributed by atoms with Crippen LogP contribution >= 0.6 is 23.2 Å². The van der Waals surface area contributed by atoms with Crippen LogP contribution < -0.4 is 22.1 Å². The summed E-state index contributed by atoms with van der Waals surface area (Å²) in [6.45, 7) is 0.0168. The van der Waals surface area contributed by atoms with Gasteiger partial charge < -0.3 is 31.8 Å². The first-order valence-electron chi connectivity index (χ1n) is 10.1. The van der Waals surface area contributed by atoms with E-state index in [9.17, 15) is 19.5 Å². The summed E-state index contributed by atoms with van der Waals surface area (Å²) < 4.78 is 1.86. The van der Waals surface area contributed by atoms with Gasteiger partial charge in [-0.15, -0.1) is 0 Å². The highest BCUT2D eigenvalue weighted by molar-refractivity contribution is 6.39. The first-order chi connectivity index (χ1) is 16.2. The van der Waals surface area contributed by atoms with E-state index in [1.165, 1.54) is 12.1 Å². The molecule has 10 nitrogen and oxygen atoms in total. The predicted octanol–water partition coefficient (Wildman–Crippen LogP) is 2.24. The number of rotatable bonds is 9. The number of carboxylic acids is 1. The van der Waals surface area contributed by atoms with E-state index in [2.05, 4.69) is 15.6 Å². The maximum absolute atomic E-state index is 12.5. The molecule has 0 unspecified atom stereocenters. The van der Waals surface area contributed by atoms with Gasteiger partial charge in [-0.1, -0.05) is 35.3 Å². The topological polar surface area (TPSA) is 165 Å². The quantitative estimate of drug-likeness (QED) is 0.221. The molecule has 2 amide bonds. The molecule has 3 aromatic rings. The van der Waals surface area contributed by atoms with E-state index in [1.54, 1.807) is 18.2 Å². The third-order valence-electron chi connectivity index (χ3n) is 4.89. The van der Waals surface area contributed by atoms with Crippen LogP contribution in [0.2, 0.25) is 10.0 Å². The van der Waals surface area contributed by atoms with Gasteiger partial charge in [-0.3, -0.25) is 9.59 Å². The van der Waals surface area contributed by atoms with Gasteiger partial charge in [0.25, 0.3) is 5.91 Å². The number of guanidine groups is 1. The van der Waals surface area contributed by atoms with Crippen LogP contribution in [0.4, 0.5) is 5.69 Å². The molecule has 178 valence electrons. The number of hydrogen-bond donors (Lipinski definition) is 5. The van der Waals surface area contributed by atoms with Crippen LogP contribution in [0.3, 0.4) is 0 Å². The predicted molar refractivity (Wildman–Crippen MR) is 130 cm³/mol. The Morgan fingerprint density at radius 2 is 1.79 bits per heavy atom. The molecule has 0 aliphatic carbocycles. The van der Waals surface area contributed by atoms with Crippen molar-refractivity contribution in [3.8, 4) is 0 Å². The van der Waals surface area contributed by atoms with Crippen LogP contribution in [0.15, 0.2) is 53.7 Å². The van der Waals surface area contributed by atoms with Crippen molar-refractivity contribution < 1.29 is 19.5 Å². The number of hydrogen-bond acceptors (Lipinski definition) is 4. The molecule has 1 aromatic heterocycles. The van der Waals surface area contributed by atoms with Gasteiger partial charge in [-0.2, -0.15) is 0 Å². The average Bonchev–Trinajstić information content (AvgIpc) is 3.16. The Morgan fingerprint density at radius 1 is 1.09 bits per heavy atom. The molecule has 2 aromatic carbocycles. The van der Waals surface area contributed by atoms with Crippen LogP contribution in [0.25, 0.3) is 10.9 Å². The number of carboxylic acid groups (broad SMARTS) is 1. The molecule has 0 bridgehead atoms. The third kappa shape index (κ3) is 6.18. The van der Waals surface area contributed by atoms with Crippen molar-refractivity contribution in [3.05, 3.63) is 64.3 Å². The lowest BCUT2D eigenvalue weighted by Gasteiger charge is -2.16. The number of aliphatic imine (C=N–C) groups is 1. The van der Waals surface area contributed by atoms with Crippen molar-refractivity contribution in [1.82, 2.24) is 15.2 Å². The number of aryl methyl sites for hydroxylation is 1. The van der Waals surface area contributed by atoms with E-state index in [-0.39, 0.29) is 34.5 Å². The lowest BCUT2D eigenvalue weighted by Crippen LogP contribution is -2.48. The van der Waals surface area contributed by atoms with Gasteiger partial charge >= 0.3 is 5.97 Å². The van der Waals surface area contributed by atoms with E-state index in [0.29, 0.717) is 12.2 Å². The summed E-state index contributed by atoms with van der Waals surface area (Å²) in [5.41, 5.74) is 12.2. The number of amides is 2. The van der Waals surface area contributed by atoms with E-state index in [4.69, 9.17) is 34.7 Å². The minimum Gasteiger partial charge on any atom is -0.480 e. The summed E-state index contributed by atoms with van der Waals surface area (Å²) in [5, 5.41) is 15.4. The molecule has 0 saturated carbocycles. The van der Waals surface area contributed by atoms with E-state index < -0.39 is 23.8 Å². The molecule has 3 rings (SSSR count). The number of nitrogens with two attached hydrogens (primary N) is 2. The zero-order valence-corrected chi connectivity index (χ0v) is 19.3. The number of aromatic nitrogens is 1. The van der Waals surface area contributed by atoms with Crippen molar-refractivity contribution in [1.29, 1.82) is 0 Å². The van der Waals surface area contributed by atoms with Gasteiger partial charge in [0.15, 0.2) is 5.96 Å². The zero-order chi connectivity index (χ0) is 24.8. The molecule has 0 radical (unpaired) electrons. The largest absolute Gasteiger partial charge is 0.480 e. The van der Waals surface area contributed by atoms with Crippen molar-refractivity contribution in [2.45, 2.75) is 19.0 Å². The Bertz CT molecular complexity index is 1250. The summed E-state index contributed by atoms with van der Waals surface area (Å²) in [7, 11) is 0. The fraction of sp³-hybridized carbons (Fsp3) is 0.182. The van der Waals surface area contributed by atoms with Crippen molar-refractivity contribution in [2.75, 3.05) is 6.54 Å². The molecule has 0 spiro atoms. The Balaban J connectivity index is 1.59. The van der Waals surface area contributed by atoms with Crippen LogP contribution in [-0.2, 0) is 16.1 Å². The molecule has 1 heterocycles. The van der Waals surface area contributed by atoms with Crippen LogP contribution in [0.1, 0.15) is 16.8 Å². The number of carbonyl (C=O) groups is 3. The van der Waals surface area contributed by atoms with Gasteiger partial charge in [-0.05, 0) is 35.7 Å². The number of benzene rings is 2. The number of fused-ring (bicyclic) bond motifs is 1. The Kier molecular flexibility index (Phi) is 7.98. The second kappa shape index (κ2) is 10.9. The van der Waals surface area contributed by atoms with Gasteiger partial charge in [0.1, 0.15) is 6.04 Å². The third-order valence-corrected chi connectivity index (χ3v) is 5.52. The summed E-state index contributed by atoms with van der Waals surface area (Å²) in [5.74, 6) is -2.53. The number of aliphatic carboxylic acids is 1. The summed E-state index contributed by atoms with van der Waals surface area (Å²) in [4.78, 5) is 40.4. The second-order valence-electron chi connectivity index (χ2n) is 7.30. The van der Waals surface area contributed by atoms with E-state index in [1.807, 2.05) is 22.9 Å². The Hall–Kier alpha value is -3.76.